The van der Waals surface area contributed by atoms with Crippen LogP contribution < -0.4 is 10.1 Å². The molecule has 3 aromatic rings. The molecule has 0 saturated heterocycles. The number of hydrogen-bond donors (Lipinski definition) is 3. The second kappa shape index (κ2) is 13.0. The molecular weight excluding hydrogens is 482 g/mol. The van der Waals surface area contributed by atoms with E-state index in [9.17, 15) is 10.2 Å². The van der Waals surface area contributed by atoms with Gasteiger partial charge in [0.25, 0.3) is 0 Å². The summed E-state index contributed by atoms with van der Waals surface area (Å²) < 4.78 is 6.47. The standard InChI is InChI=1S/C35H37NO3/c1-24(2)8-5-9-25(3)19-21-36-20-7-10-27-13-15-28(16-14-27)35-34(29-11-6-12-30(37)22-29)26(4)32-23-31(38)17-18-33(32)39-35/h6,8,11-19,22-23,35-38H,5,9,20-21H2,1-4H3/b25-19+. The molecular formula is C35H37NO3. The Morgan fingerprint density at radius 2 is 1.72 bits per heavy atom. The molecule has 4 rings (SSSR count). The van der Waals surface area contributed by atoms with Gasteiger partial charge in [0.2, 0.25) is 0 Å². The molecule has 0 saturated carbocycles. The number of hydrogen-bond acceptors (Lipinski definition) is 4. The number of phenolic OH excluding ortho intramolecular Hbond substituents is 2. The van der Waals surface area contributed by atoms with Crippen LogP contribution >= 0.6 is 0 Å². The van der Waals surface area contributed by atoms with Gasteiger partial charge in [0.15, 0.2) is 0 Å². The molecule has 3 aromatic carbocycles. The first-order valence-electron chi connectivity index (χ1n) is 13.4. The number of rotatable bonds is 8. The van der Waals surface area contributed by atoms with Crippen molar-refractivity contribution in [1.82, 2.24) is 5.32 Å². The molecule has 0 spiro atoms. The van der Waals surface area contributed by atoms with Crippen molar-refractivity contribution in [1.29, 1.82) is 0 Å². The summed E-state index contributed by atoms with van der Waals surface area (Å²) in [5.41, 5.74) is 8.36. The Morgan fingerprint density at radius 3 is 2.46 bits per heavy atom. The average molecular weight is 520 g/mol. The number of fused-ring (bicyclic) bond motifs is 1. The molecule has 0 aliphatic carbocycles. The fraction of sp³-hybridized carbons (Fsp3) is 0.257. The zero-order valence-electron chi connectivity index (χ0n) is 23.2. The molecule has 1 aliphatic heterocycles. The molecule has 0 bridgehead atoms. The molecule has 1 heterocycles. The molecule has 0 amide bonds. The van der Waals surface area contributed by atoms with Gasteiger partial charge in [-0.15, -0.1) is 0 Å². The zero-order valence-corrected chi connectivity index (χ0v) is 23.2. The van der Waals surface area contributed by atoms with Crippen LogP contribution in [-0.4, -0.2) is 23.3 Å². The zero-order chi connectivity index (χ0) is 27.8. The lowest BCUT2D eigenvalue weighted by atomic mass is 9.86. The van der Waals surface area contributed by atoms with Crippen molar-refractivity contribution in [2.24, 2.45) is 0 Å². The van der Waals surface area contributed by atoms with E-state index in [1.54, 1.807) is 30.3 Å². The third kappa shape index (κ3) is 7.44. The van der Waals surface area contributed by atoms with E-state index < -0.39 is 0 Å². The minimum atomic E-state index is -0.362. The maximum absolute atomic E-state index is 10.1. The van der Waals surface area contributed by atoms with Gasteiger partial charge in [-0.25, -0.2) is 0 Å². The summed E-state index contributed by atoms with van der Waals surface area (Å²) >= 11 is 0. The van der Waals surface area contributed by atoms with Crippen molar-refractivity contribution in [3.8, 4) is 29.1 Å². The van der Waals surface area contributed by atoms with Crippen LogP contribution in [0.5, 0.6) is 17.2 Å². The Hall–Kier alpha value is -4.20. The van der Waals surface area contributed by atoms with Gasteiger partial charge < -0.3 is 20.3 Å². The number of ether oxygens (including phenoxy) is 1. The smallest absolute Gasteiger partial charge is 0.150 e. The number of aromatic hydroxyl groups is 2. The van der Waals surface area contributed by atoms with Crippen LogP contribution in [0.25, 0.3) is 11.1 Å². The third-order valence-electron chi connectivity index (χ3n) is 6.78. The quantitative estimate of drug-likeness (QED) is 0.161. The van der Waals surface area contributed by atoms with Crippen LogP contribution in [0.4, 0.5) is 0 Å². The number of allylic oxidation sites excluding steroid dienone is 4. The summed E-state index contributed by atoms with van der Waals surface area (Å²) in [5.74, 6) is 7.55. The van der Waals surface area contributed by atoms with Crippen molar-refractivity contribution < 1.29 is 14.9 Å². The van der Waals surface area contributed by atoms with Gasteiger partial charge in [0, 0.05) is 23.2 Å². The van der Waals surface area contributed by atoms with Gasteiger partial charge in [0.05, 0.1) is 6.54 Å². The number of nitrogens with one attached hydrogen (secondary N) is 1. The Balaban J connectivity index is 1.46. The second-order valence-electron chi connectivity index (χ2n) is 10.2. The minimum absolute atomic E-state index is 0.188. The van der Waals surface area contributed by atoms with Crippen molar-refractivity contribution in [3.05, 3.63) is 112 Å². The van der Waals surface area contributed by atoms with Crippen molar-refractivity contribution in [2.75, 3.05) is 13.1 Å². The molecule has 200 valence electrons. The summed E-state index contributed by atoms with van der Waals surface area (Å²) in [6.45, 7) is 9.91. The highest BCUT2D eigenvalue weighted by Gasteiger charge is 2.29. The van der Waals surface area contributed by atoms with Crippen LogP contribution in [0.15, 0.2) is 90.0 Å². The van der Waals surface area contributed by atoms with E-state index in [0.29, 0.717) is 6.54 Å². The van der Waals surface area contributed by atoms with E-state index >= 15 is 0 Å². The lowest BCUT2D eigenvalue weighted by Gasteiger charge is -2.31. The average Bonchev–Trinajstić information content (AvgIpc) is 2.91. The monoisotopic (exact) mass is 519 g/mol. The van der Waals surface area contributed by atoms with Crippen molar-refractivity contribution in [3.63, 3.8) is 0 Å². The Kier molecular flexibility index (Phi) is 9.31. The van der Waals surface area contributed by atoms with Gasteiger partial charge in [0.1, 0.15) is 23.4 Å². The first kappa shape index (κ1) is 27.8. The van der Waals surface area contributed by atoms with E-state index in [0.717, 1.165) is 58.5 Å². The molecule has 4 nitrogen and oxygen atoms in total. The molecule has 1 atom stereocenters. The topological polar surface area (TPSA) is 61.7 Å². The Bertz CT molecular complexity index is 1460. The highest BCUT2D eigenvalue weighted by atomic mass is 16.5. The maximum atomic E-state index is 10.1. The predicted octanol–water partition coefficient (Wildman–Crippen LogP) is 7.80. The SMILES string of the molecule is CC(C)=CCC/C(C)=C/CNCC#Cc1ccc(C2Oc3ccc(O)cc3C(C)=C2c2cccc(O)c2)cc1. The van der Waals surface area contributed by atoms with Gasteiger partial charge >= 0.3 is 0 Å². The Labute approximate surface area is 232 Å². The largest absolute Gasteiger partial charge is 0.508 e. The highest BCUT2D eigenvalue weighted by molar-refractivity contribution is 5.95. The molecule has 39 heavy (non-hydrogen) atoms. The van der Waals surface area contributed by atoms with Crippen molar-refractivity contribution >= 4 is 11.1 Å². The first-order chi connectivity index (χ1) is 18.8. The van der Waals surface area contributed by atoms with Gasteiger partial charge in [-0.2, -0.15) is 0 Å². The normalized spacial score (nSPS) is 14.7. The lowest BCUT2D eigenvalue weighted by molar-refractivity contribution is 0.259. The fourth-order valence-corrected chi connectivity index (χ4v) is 4.68. The molecule has 0 fully saturated rings. The maximum Gasteiger partial charge on any atom is 0.150 e. The fourth-order valence-electron chi connectivity index (χ4n) is 4.68. The van der Waals surface area contributed by atoms with Crippen LogP contribution in [0.1, 0.15) is 68.9 Å². The molecule has 1 unspecified atom stereocenters. The van der Waals surface area contributed by atoms with Gasteiger partial charge in [-0.05, 0) is 99.7 Å². The van der Waals surface area contributed by atoms with E-state index in [1.165, 1.54) is 11.1 Å². The van der Waals surface area contributed by atoms with E-state index in [4.69, 9.17) is 4.74 Å². The molecule has 4 heteroatoms. The van der Waals surface area contributed by atoms with Crippen LogP contribution in [0.3, 0.4) is 0 Å². The van der Waals surface area contributed by atoms with Gasteiger partial charge in [-0.3, -0.25) is 0 Å². The molecule has 0 radical (unpaired) electrons. The summed E-state index contributed by atoms with van der Waals surface area (Å²) in [5, 5.41) is 23.6. The van der Waals surface area contributed by atoms with E-state index in [2.05, 4.69) is 50.1 Å². The Morgan fingerprint density at radius 1 is 0.949 bits per heavy atom. The van der Waals surface area contributed by atoms with Crippen molar-refractivity contribution in [2.45, 2.75) is 46.6 Å². The predicted molar refractivity (Wildman–Crippen MR) is 161 cm³/mol. The summed E-state index contributed by atoms with van der Waals surface area (Å²) in [4.78, 5) is 0. The molecule has 3 N–H and O–H groups in total. The van der Waals surface area contributed by atoms with E-state index in [-0.39, 0.29) is 17.6 Å². The summed E-state index contributed by atoms with van der Waals surface area (Å²) in [7, 11) is 0. The van der Waals surface area contributed by atoms with E-state index in [1.807, 2.05) is 43.3 Å². The third-order valence-corrected chi connectivity index (χ3v) is 6.78. The highest BCUT2D eigenvalue weighted by Crippen LogP contribution is 2.47. The number of benzene rings is 3. The lowest BCUT2D eigenvalue weighted by Crippen LogP contribution is -2.16. The van der Waals surface area contributed by atoms with Crippen LogP contribution in [0.2, 0.25) is 0 Å². The summed E-state index contributed by atoms with van der Waals surface area (Å²) in [6, 6.07) is 20.5. The minimum Gasteiger partial charge on any atom is -0.508 e. The summed E-state index contributed by atoms with van der Waals surface area (Å²) in [6.07, 6.45) is 6.33. The van der Waals surface area contributed by atoms with Crippen LogP contribution in [-0.2, 0) is 0 Å². The molecule has 0 aromatic heterocycles. The van der Waals surface area contributed by atoms with Gasteiger partial charge in [-0.1, -0.05) is 59.4 Å². The number of phenols is 2. The van der Waals surface area contributed by atoms with Crippen LogP contribution in [0, 0.1) is 11.8 Å². The first-order valence-corrected chi connectivity index (χ1v) is 13.4. The molecule has 1 aliphatic rings. The second-order valence-corrected chi connectivity index (χ2v) is 10.2.